The van der Waals surface area contributed by atoms with E-state index in [4.69, 9.17) is 14.3 Å². The summed E-state index contributed by atoms with van der Waals surface area (Å²) in [7, 11) is -10.0. The first-order valence-electron chi connectivity index (χ1n) is 7.51. The number of allylic oxidation sites excluding steroid dienone is 4. The normalized spacial score (nSPS) is 17.7. The average molecular weight is 382 g/mol. The molecule has 0 saturated heterocycles. The summed E-state index contributed by atoms with van der Waals surface area (Å²) in [5.41, 5.74) is 1.19. The van der Waals surface area contributed by atoms with Crippen LogP contribution in [-0.4, -0.2) is 20.3 Å². The Morgan fingerprint density at radius 3 is 2.17 bits per heavy atom. The van der Waals surface area contributed by atoms with Crippen LogP contribution in [0.4, 0.5) is 0 Å². The zero-order valence-electron chi connectivity index (χ0n) is 14.6. The number of rotatable bonds is 11. The van der Waals surface area contributed by atoms with Gasteiger partial charge in [0, 0.05) is 0 Å². The third kappa shape index (κ3) is 11.9. The van der Waals surface area contributed by atoms with Crippen molar-refractivity contribution in [1.82, 2.24) is 0 Å². The standard InChI is InChI=1S/C15H28O7P2/c1-6-15(5,21-24(19,20)22-23(16,17)18)12-8-11-14(4)10-7-9-13(2)3/h6,9,11H,1,7-8,10,12H2,2-5H3,(H,19,20)(H2,16,17,18)/t15-/m0/s1. The second-order valence-corrected chi connectivity index (χ2v) is 8.81. The highest BCUT2D eigenvalue weighted by molar-refractivity contribution is 7.60. The van der Waals surface area contributed by atoms with E-state index in [0.29, 0.717) is 12.8 Å². The molecule has 0 heterocycles. The van der Waals surface area contributed by atoms with Crippen LogP contribution in [0.2, 0.25) is 0 Å². The lowest BCUT2D eigenvalue weighted by Gasteiger charge is -2.27. The Balaban J connectivity index is 4.68. The van der Waals surface area contributed by atoms with Crippen LogP contribution in [0.5, 0.6) is 0 Å². The molecular formula is C15H28O7P2. The van der Waals surface area contributed by atoms with Crippen molar-refractivity contribution < 1.29 is 32.6 Å². The van der Waals surface area contributed by atoms with Crippen LogP contribution in [0.15, 0.2) is 36.0 Å². The van der Waals surface area contributed by atoms with Crippen LogP contribution >= 0.6 is 15.6 Å². The minimum atomic E-state index is -5.14. The fourth-order valence-electron chi connectivity index (χ4n) is 1.90. The molecule has 1 unspecified atom stereocenters. The Morgan fingerprint density at radius 2 is 1.71 bits per heavy atom. The molecule has 7 nitrogen and oxygen atoms in total. The molecule has 9 heteroatoms. The molecule has 0 rings (SSSR count). The second kappa shape index (κ2) is 9.83. The number of phosphoric acid groups is 2. The lowest BCUT2D eigenvalue weighted by atomic mass is 9.99. The van der Waals surface area contributed by atoms with Crippen LogP contribution in [0, 0.1) is 0 Å². The maximum atomic E-state index is 11.7. The van der Waals surface area contributed by atoms with Crippen molar-refractivity contribution in [2.24, 2.45) is 0 Å². The van der Waals surface area contributed by atoms with Gasteiger partial charge in [0.25, 0.3) is 0 Å². The zero-order valence-corrected chi connectivity index (χ0v) is 16.4. The molecule has 0 aromatic rings. The molecular weight excluding hydrogens is 354 g/mol. The largest absolute Gasteiger partial charge is 0.481 e. The Hall–Kier alpha value is -0.520. The molecule has 0 aliphatic rings. The molecule has 0 spiro atoms. The van der Waals surface area contributed by atoms with Gasteiger partial charge in [0.2, 0.25) is 0 Å². The number of phosphoric ester groups is 1. The molecule has 0 radical (unpaired) electrons. The van der Waals surface area contributed by atoms with Gasteiger partial charge >= 0.3 is 15.6 Å². The molecule has 0 aliphatic carbocycles. The molecule has 0 aliphatic heterocycles. The van der Waals surface area contributed by atoms with Gasteiger partial charge in [-0.1, -0.05) is 29.4 Å². The minimum Gasteiger partial charge on any atom is -0.302 e. The summed E-state index contributed by atoms with van der Waals surface area (Å²) >= 11 is 0. The predicted octanol–water partition coefficient (Wildman–Crippen LogP) is 4.63. The summed E-state index contributed by atoms with van der Waals surface area (Å²) in [4.78, 5) is 26.7. The molecule has 0 fully saturated rings. The highest BCUT2D eigenvalue weighted by atomic mass is 31.3. The van der Waals surface area contributed by atoms with Gasteiger partial charge in [-0.15, -0.1) is 6.58 Å². The van der Waals surface area contributed by atoms with Crippen molar-refractivity contribution in [2.75, 3.05) is 0 Å². The van der Waals surface area contributed by atoms with Gasteiger partial charge in [0.1, 0.15) is 0 Å². The van der Waals surface area contributed by atoms with Crippen LogP contribution in [0.3, 0.4) is 0 Å². The van der Waals surface area contributed by atoms with Gasteiger partial charge in [0.05, 0.1) is 5.60 Å². The Labute approximate surface area is 143 Å². The van der Waals surface area contributed by atoms with Crippen molar-refractivity contribution in [2.45, 2.75) is 59.0 Å². The van der Waals surface area contributed by atoms with E-state index in [2.05, 4.69) is 17.0 Å². The lowest BCUT2D eigenvalue weighted by molar-refractivity contribution is 0.0803. The van der Waals surface area contributed by atoms with E-state index < -0.39 is 21.2 Å². The van der Waals surface area contributed by atoms with E-state index >= 15 is 0 Å². The maximum absolute atomic E-state index is 11.7. The van der Waals surface area contributed by atoms with E-state index in [1.807, 2.05) is 26.8 Å². The number of hydrogen-bond donors (Lipinski definition) is 3. The Kier molecular flexibility index (Phi) is 9.62. The molecule has 2 atom stereocenters. The quantitative estimate of drug-likeness (QED) is 0.353. The van der Waals surface area contributed by atoms with E-state index in [-0.39, 0.29) is 0 Å². The SMILES string of the molecule is C=C[C@@](C)(CCC=C(C)CCC=C(C)C)OP(=O)(O)OP(=O)(O)O. The first-order chi connectivity index (χ1) is 10.8. The Bertz CT molecular complexity index is 572. The van der Waals surface area contributed by atoms with Crippen molar-refractivity contribution in [3.63, 3.8) is 0 Å². The molecule has 0 aromatic heterocycles. The topological polar surface area (TPSA) is 113 Å². The van der Waals surface area contributed by atoms with Crippen molar-refractivity contribution >= 4 is 15.6 Å². The van der Waals surface area contributed by atoms with Crippen LogP contribution in [0.1, 0.15) is 53.4 Å². The Morgan fingerprint density at radius 1 is 1.12 bits per heavy atom. The summed E-state index contributed by atoms with van der Waals surface area (Å²) in [6.07, 6.45) is 8.18. The summed E-state index contributed by atoms with van der Waals surface area (Å²) < 4.78 is 31.0. The van der Waals surface area contributed by atoms with E-state index in [9.17, 15) is 14.0 Å². The van der Waals surface area contributed by atoms with Crippen molar-refractivity contribution in [1.29, 1.82) is 0 Å². The third-order valence-corrected chi connectivity index (χ3v) is 5.51. The van der Waals surface area contributed by atoms with Gasteiger partial charge in [-0.2, -0.15) is 4.31 Å². The number of hydrogen-bond acceptors (Lipinski definition) is 4. The maximum Gasteiger partial charge on any atom is 0.481 e. The second-order valence-electron chi connectivity index (χ2n) is 6.06. The first kappa shape index (κ1) is 23.5. The van der Waals surface area contributed by atoms with Crippen molar-refractivity contribution in [3.8, 4) is 0 Å². The minimum absolute atomic E-state index is 0.311. The fraction of sp³-hybridized carbons (Fsp3) is 0.600. The van der Waals surface area contributed by atoms with Gasteiger partial charge in [-0.05, 0) is 53.4 Å². The molecule has 0 bridgehead atoms. The monoisotopic (exact) mass is 382 g/mol. The molecule has 0 aromatic carbocycles. The predicted molar refractivity (Wildman–Crippen MR) is 94.3 cm³/mol. The molecule has 3 N–H and O–H groups in total. The van der Waals surface area contributed by atoms with Crippen LogP contribution in [-0.2, 0) is 18.0 Å². The smallest absolute Gasteiger partial charge is 0.302 e. The van der Waals surface area contributed by atoms with Crippen molar-refractivity contribution in [3.05, 3.63) is 36.0 Å². The molecule has 0 amide bonds. The highest BCUT2D eigenvalue weighted by Crippen LogP contribution is 2.59. The van der Waals surface area contributed by atoms with Gasteiger partial charge in [-0.25, -0.2) is 9.13 Å². The van der Waals surface area contributed by atoms with E-state index in [1.165, 1.54) is 24.1 Å². The molecule has 0 saturated carbocycles. The highest BCUT2D eigenvalue weighted by Gasteiger charge is 2.38. The zero-order chi connectivity index (χ0) is 19.0. The first-order valence-corrected chi connectivity index (χ1v) is 10.5. The summed E-state index contributed by atoms with van der Waals surface area (Å²) in [6.45, 7) is 11.1. The van der Waals surface area contributed by atoms with Crippen LogP contribution < -0.4 is 0 Å². The van der Waals surface area contributed by atoms with Gasteiger partial charge in [-0.3, -0.25) is 4.52 Å². The van der Waals surface area contributed by atoms with Gasteiger partial charge in [0.15, 0.2) is 0 Å². The summed E-state index contributed by atoms with van der Waals surface area (Å²) in [6, 6.07) is 0. The summed E-state index contributed by atoms with van der Waals surface area (Å²) in [5, 5.41) is 0. The molecule has 24 heavy (non-hydrogen) atoms. The lowest BCUT2D eigenvalue weighted by Crippen LogP contribution is -2.24. The van der Waals surface area contributed by atoms with Gasteiger partial charge < -0.3 is 14.7 Å². The van der Waals surface area contributed by atoms with E-state index in [1.54, 1.807) is 0 Å². The fourth-order valence-corrected chi connectivity index (χ4v) is 3.80. The third-order valence-electron chi connectivity index (χ3n) is 3.19. The van der Waals surface area contributed by atoms with Crippen LogP contribution in [0.25, 0.3) is 0 Å². The van der Waals surface area contributed by atoms with E-state index in [0.717, 1.165) is 12.8 Å². The summed E-state index contributed by atoms with van der Waals surface area (Å²) in [5.74, 6) is 0. The average Bonchev–Trinajstić information content (AvgIpc) is 2.34. The molecule has 140 valence electrons.